The Bertz CT molecular complexity index is 687. The molecular weight excluding hydrogens is 228 g/mol. The SMILES string of the molecule is Nc1ccc(Oc2ccc3c(O)[nH]cc3c2)cc1. The molecule has 0 spiro atoms. The van der Waals surface area contributed by atoms with E-state index in [-0.39, 0.29) is 5.88 Å². The molecule has 0 aliphatic heterocycles. The molecule has 0 unspecified atom stereocenters. The van der Waals surface area contributed by atoms with Crippen LogP contribution in [0.3, 0.4) is 0 Å². The van der Waals surface area contributed by atoms with Crippen LogP contribution < -0.4 is 10.5 Å². The number of ether oxygens (including phenoxy) is 1. The van der Waals surface area contributed by atoms with Crippen molar-refractivity contribution in [2.24, 2.45) is 0 Å². The normalized spacial score (nSPS) is 10.7. The van der Waals surface area contributed by atoms with Crippen molar-refractivity contribution >= 4 is 16.5 Å². The fourth-order valence-corrected chi connectivity index (χ4v) is 1.84. The van der Waals surface area contributed by atoms with Gasteiger partial charge < -0.3 is 20.6 Å². The van der Waals surface area contributed by atoms with Crippen molar-refractivity contribution in [3.05, 3.63) is 48.7 Å². The van der Waals surface area contributed by atoms with Crippen LogP contribution in [-0.4, -0.2) is 10.1 Å². The minimum atomic E-state index is 0.170. The van der Waals surface area contributed by atoms with E-state index in [0.717, 1.165) is 16.5 Å². The van der Waals surface area contributed by atoms with E-state index in [1.54, 1.807) is 18.3 Å². The van der Waals surface area contributed by atoms with E-state index in [9.17, 15) is 5.11 Å². The summed E-state index contributed by atoms with van der Waals surface area (Å²) >= 11 is 0. The Morgan fingerprint density at radius 1 is 1.00 bits per heavy atom. The van der Waals surface area contributed by atoms with E-state index >= 15 is 0 Å². The fourth-order valence-electron chi connectivity index (χ4n) is 1.84. The summed E-state index contributed by atoms with van der Waals surface area (Å²) in [4.78, 5) is 2.76. The second-order valence-electron chi connectivity index (χ2n) is 4.06. The van der Waals surface area contributed by atoms with Crippen molar-refractivity contribution in [3.8, 4) is 17.4 Å². The molecule has 4 N–H and O–H groups in total. The molecular formula is C14H12N2O2. The van der Waals surface area contributed by atoms with Crippen molar-refractivity contribution in [1.29, 1.82) is 0 Å². The second kappa shape index (κ2) is 4.00. The van der Waals surface area contributed by atoms with Gasteiger partial charge in [-0.05, 0) is 42.5 Å². The Morgan fingerprint density at radius 3 is 2.50 bits per heavy atom. The van der Waals surface area contributed by atoms with Gasteiger partial charge in [0.2, 0.25) is 0 Å². The lowest BCUT2D eigenvalue weighted by Crippen LogP contribution is -1.86. The predicted octanol–water partition coefficient (Wildman–Crippen LogP) is 3.25. The molecule has 0 saturated heterocycles. The molecule has 0 atom stereocenters. The van der Waals surface area contributed by atoms with Crippen LogP contribution in [0.25, 0.3) is 10.8 Å². The number of nitrogen functional groups attached to an aromatic ring is 1. The Balaban J connectivity index is 1.92. The molecule has 2 aromatic carbocycles. The molecule has 4 nitrogen and oxygen atoms in total. The first-order chi connectivity index (χ1) is 8.72. The van der Waals surface area contributed by atoms with Crippen molar-refractivity contribution in [1.82, 2.24) is 4.98 Å². The summed E-state index contributed by atoms with van der Waals surface area (Å²) in [5, 5.41) is 11.2. The monoisotopic (exact) mass is 240 g/mol. The molecule has 18 heavy (non-hydrogen) atoms. The maximum atomic E-state index is 9.51. The highest BCUT2D eigenvalue weighted by atomic mass is 16.5. The first-order valence-electron chi connectivity index (χ1n) is 5.56. The van der Waals surface area contributed by atoms with E-state index in [1.807, 2.05) is 30.3 Å². The maximum absolute atomic E-state index is 9.51. The third-order valence-corrected chi connectivity index (χ3v) is 2.76. The number of hydrogen-bond acceptors (Lipinski definition) is 3. The average Bonchev–Trinajstić information content (AvgIpc) is 2.74. The van der Waals surface area contributed by atoms with E-state index in [4.69, 9.17) is 10.5 Å². The van der Waals surface area contributed by atoms with Crippen LogP contribution in [-0.2, 0) is 0 Å². The van der Waals surface area contributed by atoms with Gasteiger partial charge in [0, 0.05) is 22.7 Å². The van der Waals surface area contributed by atoms with Crippen LogP contribution in [0.15, 0.2) is 48.7 Å². The summed E-state index contributed by atoms with van der Waals surface area (Å²) in [6.45, 7) is 0. The summed E-state index contributed by atoms with van der Waals surface area (Å²) in [5.74, 6) is 1.61. The number of H-pyrrole nitrogens is 1. The molecule has 90 valence electrons. The van der Waals surface area contributed by atoms with Crippen LogP contribution in [0.1, 0.15) is 0 Å². The number of fused-ring (bicyclic) bond motifs is 1. The van der Waals surface area contributed by atoms with Gasteiger partial charge in [0.05, 0.1) is 0 Å². The summed E-state index contributed by atoms with van der Waals surface area (Å²) in [5.41, 5.74) is 6.31. The van der Waals surface area contributed by atoms with E-state index in [2.05, 4.69) is 4.98 Å². The van der Waals surface area contributed by atoms with Gasteiger partial charge in [-0.3, -0.25) is 0 Å². The third-order valence-electron chi connectivity index (χ3n) is 2.76. The molecule has 1 heterocycles. The largest absolute Gasteiger partial charge is 0.494 e. The zero-order valence-corrected chi connectivity index (χ0v) is 9.55. The Labute approximate surface area is 104 Å². The number of anilines is 1. The fraction of sp³-hybridized carbons (Fsp3) is 0. The number of benzene rings is 2. The number of nitrogens with one attached hydrogen (secondary N) is 1. The second-order valence-corrected chi connectivity index (χ2v) is 4.06. The Kier molecular flexibility index (Phi) is 2.34. The molecule has 0 bridgehead atoms. The van der Waals surface area contributed by atoms with Crippen molar-refractivity contribution in [2.75, 3.05) is 5.73 Å². The molecule has 0 aliphatic carbocycles. The molecule has 0 aliphatic rings. The number of hydrogen-bond donors (Lipinski definition) is 3. The van der Waals surface area contributed by atoms with Gasteiger partial charge in [0.15, 0.2) is 5.88 Å². The van der Waals surface area contributed by atoms with Crippen LogP contribution in [0.4, 0.5) is 5.69 Å². The van der Waals surface area contributed by atoms with Crippen molar-refractivity contribution in [3.63, 3.8) is 0 Å². The molecule has 3 rings (SSSR count). The van der Waals surface area contributed by atoms with Gasteiger partial charge in [-0.1, -0.05) is 0 Å². The predicted molar refractivity (Wildman–Crippen MR) is 70.9 cm³/mol. The molecule has 1 aromatic heterocycles. The number of rotatable bonds is 2. The highest BCUT2D eigenvalue weighted by Gasteiger charge is 2.04. The Hall–Kier alpha value is -2.62. The van der Waals surface area contributed by atoms with Crippen molar-refractivity contribution in [2.45, 2.75) is 0 Å². The Morgan fingerprint density at radius 2 is 1.72 bits per heavy atom. The summed E-state index contributed by atoms with van der Waals surface area (Å²) in [6.07, 6.45) is 1.74. The average molecular weight is 240 g/mol. The summed E-state index contributed by atoms with van der Waals surface area (Å²) in [7, 11) is 0. The molecule has 0 fully saturated rings. The van der Waals surface area contributed by atoms with E-state index in [0.29, 0.717) is 11.4 Å². The zero-order chi connectivity index (χ0) is 12.5. The maximum Gasteiger partial charge on any atom is 0.196 e. The van der Waals surface area contributed by atoms with Gasteiger partial charge >= 0.3 is 0 Å². The van der Waals surface area contributed by atoms with Gasteiger partial charge in [0.1, 0.15) is 11.5 Å². The third kappa shape index (κ3) is 1.84. The van der Waals surface area contributed by atoms with Crippen LogP contribution in [0, 0.1) is 0 Å². The van der Waals surface area contributed by atoms with Crippen LogP contribution >= 0.6 is 0 Å². The quantitative estimate of drug-likeness (QED) is 0.602. The standard InChI is InChI=1S/C14H12N2O2/c15-10-1-3-11(4-2-10)18-12-5-6-13-9(7-12)8-16-14(13)17/h1-8,16-17H,15H2. The first kappa shape index (κ1) is 10.5. The number of nitrogens with two attached hydrogens (primary N) is 1. The molecule has 0 radical (unpaired) electrons. The minimum Gasteiger partial charge on any atom is -0.494 e. The molecule has 0 saturated carbocycles. The van der Waals surface area contributed by atoms with E-state index < -0.39 is 0 Å². The minimum absolute atomic E-state index is 0.170. The van der Waals surface area contributed by atoms with Gasteiger partial charge in [-0.15, -0.1) is 0 Å². The number of aromatic amines is 1. The van der Waals surface area contributed by atoms with Crippen LogP contribution in [0.2, 0.25) is 0 Å². The number of aromatic nitrogens is 1. The molecule has 0 amide bonds. The highest BCUT2D eigenvalue weighted by molar-refractivity contribution is 5.88. The first-order valence-corrected chi connectivity index (χ1v) is 5.56. The van der Waals surface area contributed by atoms with Crippen LogP contribution in [0.5, 0.6) is 17.4 Å². The van der Waals surface area contributed by atoms with E-state index in [1.165, 1.54) is 0 Å². The van der Waals surface area contributed by atoms with Gasteiger partial charge in [-0.2, -0.15) is 0 Å². The smallest absolute Gasteiger partial charge is 0.196 e. The topological polar surface area (TPSA) is 71.3 Å². The van der Waals surface area contributed by atoms with Gasteiger partial charge in [0.25, 0.3) is 0 Å². The van der Waals surface area contributed by atoms with Crippen molar-refractivity contribution < 1.29 is 9.84 Å². The lowest BCUT2D eigenvalue weighted by Gasteiger charge is -2.05. The summed E-state index contributed by atoms with van der Waals surface area (Å²) in [6, 6.07) is 12.7. The highest BCUT2D eigenvalue weighted by Crippen LogP contribution is 2.29. The number of aromatic hydroxyl groups is 1. The lowest BCUT2D eigenvalue weighted by atomic mass is 10.2. The summed E-state index contributed by atoms with van der Waals surface area (Å²) < 4.78 is 5.70. The van der Waals surface area contributed by atoms with Gasteiger partial charge in [-0.25, -0.2) is 0 Å². The zero-order valence-electron chi connectivity index (χ0n) is 9.55. The molecule has 4 heteroatoms. The molecule has 3 aromatic rings. The lowest BCUT2D eigenvalue weighted by molar-refractivity contribution is 0.462.